The second-order valence-electron chi connectivity index (χ2n) is 6.19. The van der Waals surface area contributed by atoms with Gasteiger partial charge in [-0.05, 0) is 6.92 Å². The Morgan fingerprint density at radius 1 is 1.54 bits per heavy atom. The average Bonchev–Trinajstić information content (AvgIpc) is 2.86. The van der Waals surface area contributed by atoms with Crippen LogP contribution in [-0.2, 0) is 11.3 Å². The number of aliphatic hydroxyl groups excluding tert-OH is 2. The van der Waals surface area contributed by atoms with Crippen molar-refractivity contribution < 1.29 is 20.1 Å². The molecule has 1 saturated heterocycles. The van der Waals surface area contributed by atoms with Crippen LogP contribution in [0.15, 0.2) is 16.1 Å². The number of aromatic nitrogens is 3. The third kappa shape index (κ3) is 2.01. The largest absolute Gasteiger partial charge is 0.394 e. The minimum atomic E-state index is -1.67. The fraction of sp³-hybridized carbons (Fsp3) is 0.500. The van der Waals surface area contributed by atoms with Crippen LogP contribution in [0, 0.1) is 0 Å². The number of aliphatic hydroxyl groups is 3. The van der Waals surface area contributed by atoms with Crippen LogP contribution < -0.4 is 11.0 Å². The van der Waals surface area contributed by atoms with Gasteiger partial charge in [-0.25, -0.2) is 4.68 Å². The second kappa shape index (κ2) is 5.11. The van der Waals surface area contributed by atoms with Crippen molar-refractivity contribution in [1.82, 2.24) is 20.2 Å². The van der Waals surface area contributed by atoms with Crippen LogP contribution >= 0.6 is 0 Å². The smallest absolute Gasteiger partial charge is 0.254 e. The third-order valence-corrected chi connectivity index (χ3v) is 4.54. The molecule has 4 atom stereocenters. The molecule has 0 aliphatic carbocycles. The SMILES string of the molecule is C[C@@]1(O)[C@H](O)[C@@H](CO)O[C@H]1n1cc2[nH]c(=O)c3c-2c(n1)C=NNC3. The van der Waals surface area contributed by atoms with Crippen molar-refractivity contribution in [2.75, 3.05) is 6.61 Å². The van der Waals surface area contributed by atoms with E-state index in [1.165, 1.54) is 24.0 Å². The number of nitrogens with one attached hydrogen (secondary N) is 2. The van der Waals surface area contributed by atoms with Gasteiger partial charge in [0.25, 0.3) is 5.56 Å². The first-order chi connectivity index (χ1) is 11.4. The van der Waals surface area contributed by atoms with Crippen LogP contribution in [0.25, 0.3) is 11.3 Å². The molecule has 0 saturated carbocycles. The molecule has 0 aromatic rings. The van der Waals surface area contributed by atoms with Crippen molar-refractivity contribution in [3.05, 3.63) is 27.8 Å². The molecule has 4 aliphatic rings. The first kappa shape index (κ1) is 15.3. The molecule has 128 valence electrons. The molecule has 0 aromatic carbocycles. The summed E-state index contributed by atoms with van der Waals surface area (Å²) in [6.07, 6.45) is -0.225. The second-order valence-corrected chi connectivity index (χ2v) is 6.19. The number of rotatable bonds is 2. The number of hydrazone groups is 1. The number of aromatic amines is 1. The highest BCUT2D eigenvalue weighted by molar-refractivity contribution is 5.89. The van der Waals surface area contributed by atoms with Crippen molar-refractivity contribution in [3.8, 4) is 11.3 Å². The van der Waals surface area contributed by atoms with Crippen LogP contribution in [0.4, 0.5) is 0 Å². The molecule has 10 nitrogen and oxygen atoms in total. The van der Waals surface area contributed by atoms with Gasteiger partial charge in [0, 0.05) is 11.1 Å². The minimum absolute atomic E-state index is 0.240. The maximum absolute atomic E-state index is 12.1. The lowest BCUT2D eigenvalue weighted by atomic mass is 9.96. The van der Waals surface area contributed by atoms with Gasteiger partial charge in [-0.2, -0.15) is 10.2 Å². The van der Waals surface area contributed by atoms with Crippen LogP contribution in [0.3, 0.4) is 0 Å². The van der Waals surface area contributed by atoms with Gasteiger partial charge < -0.3 is 30.5 Å². The molecule has 24 heavy (non-hydrogen) atoms. The number of ether oxygens (including phenoxy) is 1. The summed E-state index contributed by atoms with van der Waals surface area (Å²) in [5.41, 5.74) is 3.00. The van der Waals surface area contributed by atoms with Gasteiger partial charge in [0.15, 0.2) is 6.23 Å². The fourth-order valence-corrected chi connectivity index (χ4v) is 3.25. The van der Waals surface area contributed by atoms with Crippen LogP contribution in [0.2, 0.25) is 0 Å². The van der Waals surface area contributed by atoms with Gasteiger partial charge in [0.1, 0.15) is 23.5 Å². The Bertz CT molecular complexity index is 841. The molecule has 10 heteroatoms. The summed E-state index contributed by atoms with van der Waals surface area (Å²) in [5, 5.41) is 38.3. The highest BCUT2D eigenvalue weighted by atomic mass is 16.6. The van der Waals surface area contributed by atoms with Gasteiger partial charge in [0.2, 0.25) is 0 Å². The lowest BCUT2D eigenvalue weighted by Gasteiger charge is -2.28. The van der Waals surface area contributed by atoms with E-state index in [0.29, 0.717) is 22.5 Å². The highest BCUT2D eigenvalue weighted by Crippen LogP contribution is 2.38. The normalized spacial score (nSPS) is 32.1. The topological polar surface area (TPSA) is 145 Å². The van der Waals surface area contributed by atoms with E-state index >= 15 is 0 Å². The number of H-pyrrole nitrogens is 1. The fourth-order valence-electron chi connectivity index (χ4n) is 3.25. The molecule has 0 unspecified atom stereocenters. The maximum atomic E-state index is 12.1. The molecule has 5 N–H and O–H groups in total. The monoisotopic (exact) mass is 335 g/mol. The maximum Gasteiger partial charge on any atom is 0.254 e. The highest BCUT2D eigenvalue weighted by Gasteiger charge is 2.53. The van der Waals surface area contributed by atoms with Gasteiger partial charge in [0.05, 0.1) is 31.3 Å². The lowest BCUT2D eigenvalue weighted by molar-refractivity contribution is -0.103. The predicted octanol–water partition coefficient (Wildman–Crippen LogP) is -1.89. The zero-order chi connectivity index (χ0) is 17.1. The van der Waals surface area contributed by atoms with Gasteiger partial charge in [-0.15, -0.1) is 0 Å². The summed E-state index contributed by atoms with van der Waals surface area (Å²) in [6.45, 7) is 1.26. The number of hydrogen-bond donors (Lipinski definition) is 5. The Morgan fingerprint density at radius 3 is 3.04 bits per heavy atom. The van der Waals surface area contributed by atoms with Gasteiger partial charge >= 0.3 is 0 Å². The standard InChI is InChI=1S/C14H17N5O5/c1-14(23)11(21)9(5-20)24-13(14)19-4-8-10-6(12(22)17-8)2-15-16-3-7(10)18-19/h3-4,9,11,13,15,20-21,23H,2,5H2,1H3,(H,17,22)/t9-,11-,13-,14-/m1/s1. The van der Waals surface area contributed by atoms with Crippen molar-refractivity contribution in [1.29, 1.82) is 0 Å². The minimum Gasteiger partial charge on any atom is -0.394 e. The molecule has 4 aliphatic heterocycles. The Hall–Kier alpha value is -2.27. The van der Waals surface area contributed by atoms with Gasteiger partial charge in [-0.3, -0.25) is 4.79 Å². The van der Waals surface area contributed by atoms with Crippen LogP contribution in [0.5, 0.6) is 0 Å². The van der Waals surface area contributed by atoms with Gasteiger partial charge in [-0.1, -0.05) is 0 Å². The van der Waals surface area contributed by atoms with E-state index in [1.54, 1.807) is 0 Å². The number of hydrogen-bond acceptors (Lipinski definition) is 8. The summed E-state index contributed by atoms with van der Waals surface area (Å²) in [6, 6.07) is 0. The zero-order valence-corrected chi connectivity index (χ0v) is 12.8. The first-order valence-corrected chi connectivity index (χ1v) is 7.50. The van der Waals surface area contributed by atoms with E-state index in [9.17, 15) is 20.1 Å². The Morgan fingerprint density at radius 2 is 2.33 bits per heavy atom. The Kier molecular flexibility index (Phi) is 3.25. The van der Waals surface area contributed by atoms with E-state index < -0.39 is 30.6 Å². The molecular weight excluding hydrogens is 318 g/mol. The molecule has 4 heterocycles. The van der Waals surface area contributed by atoms with Crippen LogP contribution in [0.1, 0.15) is 24.4 Å². The summed E-state index contributed by atoms with van der Waals surface area (Å²) in [7, 11) is 0. The molecule has 1 fully saturated rings. The van der Waals surface area contributed by atoms with Crippen molar-refractivity contribution in [3.63, 3.8) is 0 Å². The molecule has 0 spiro atoms. The Balaban J connectivity index is 1.88. The van der Waals surface area contributed by atoms with E-state index in [2.05, 4.69) is 20.6 Å². The summed E-state index contributed by atoms with van der Waals surface area (Å²) in [4.78, 5) is 14.8. The zero-order valence-electron chi connectivity index (χ0n) is 12.8. The van der Waals surface area contributed by atoms with Crippen LogP contribution in [-0.4, -0.2) is 60.7 Å². The van der Waals surface area contributed by atoms with E-state index in [0.717, 1.165) is 0 Å². The number of nitrogens with zero attached hydrogens (tertiary/aromatic N) is 3. The molecule has 4 rings (SSSR count). The molecule has 0 radical (unpaired) electrons. The van der Waals surface area contributed by atoms with Crippen molar-refractivity contribution >= 4 is 6.21 Å². The average molecular weight is 335 g/mol. The van der Waals surface area contributed by atoms with Crippen molar-refractivity contribution in [2.24, 2.45) is 5.10 Å². The molecule has 0 aromatic heterocycles. The Labute approximate surface area is 135 Å². The third-order valence-electron chi connectivity index (χ3n) is 4.54. The van der Waals surface area contributed by atoms with E-state index in [4.69, 9.17) is 4.74 Å². The van der Waals surface area contributed by atoms with E-state index in [-0.39, 0.29) is 12.1 Å². The molecular formula is C14H17N5O5. The first-order valence-electron chi connectivity index (χ1n) is 7.50. The molecule has 0 bridgehead atoms. The molecule has 0 amide bonds. The lowest BCUT2D eigenvalue weighted by Crippen LogP contribution is -2.44. The summed E-state index contributed by atoms with van der Waals surface area (Å²) < 4.78 is 6.88. The summed E-state index contributed by atoms with van der Waals surface area (Å²) in [5.74, 6) is 0. The quantitative estimate of drug-likeness (QED) is 0.431. The van der Waals surface area contributed by atoms with E-state index in [1.807, 2.05) is 0 Å². The van der Waals surface area contributed by atoms with Crippen molar-refractivity contribution in [2.45, 2.75) is 37.5 Å². The predicted molar refractivity (Wildman–Crippen MR) is 81.5 cm³/mol. The summed E-state index contributed by atoms with van der Waals surface area (Å²) >= 11 is 0.